The number of rotatable bonds is 1. The number of hydrogen-bond acceptors (Lipinski definition) is 1. The molecule has 1 saturated carbocycles. The third-order valence-electron chi connectivity index (χ3n) is 1.96. The molecule has 2 heteroatoms. The lowest BCUT2D eigenvalue weighted by molar-refractivity contribution is 0.399. The second kappa shape index (κ2) is 3.43. The summed E-state index contributed by atoms with van der Waals surface area (Å²) in [6, 6.07) is 0. The van der Waals surface area contributed by atoms with Gasteiger partial charge in [-0.15, -0.1) is 11.6 Å². The first-order chi connectivity index (χ1) is 4.19. The van der Waals surface area contributed by atoms with Crippen LogP contribution in [0.1, 0.15) is 26.7 Å². The van der Waals surface area contributed by atoms with Gasteiger partial charge in [0.15, 0.2) is 0 Å². The normalized spacial score (nSPS) is 39.0. The molecule has 0 aliphatic heterocycles. The zero-order valence-electron chi connectivity index (χ0n) is 6.32. The molecule has 56 valence electrons. The van der Waals surface area contributed by atoms with Crippen molar-refractivity contribution in [3.63, 3.8) is 0 Å². The molecular weight excluding hydrogens is 136 g/mol. The molecular formula is C7H15ClO. The Labute approximate surface area is 62.0 Å². The van der Waals surface area contributed by atoms with Crippen molar-refractivity contribution in [2.24, 2.45) is 5.92 Å². The summed E-state index contributed by atoms with van der Waals surface area (Å²) in [7, 11) is 1.00. The number of aliphatic hydroxyl groups excluding tert-OH is 1. The van der Waals surface area contributed by atoms with Gasteiger partial charge in [0.2, 0.25) is 0 Å². The van der Waals surface area contributed by atoms with Crippen molar-refractivity contribution >= 4 is 11.6 Å². The second-order valence-corrected chi connectivity index (χ2v) is 3.25. The predicted molar refractivity (Wildman–Crippen MR) is 40.8 cm³/mol. The standard InChI is InChI=1S/C6H11Cl.CH4O/c1-3-6(7)4-5(6)2;1-2/h5H,3-4H2,1-2H3;2H,1H3. The van der Waals surface area contributed by atoms with E-state index in [1.54, 1.807) is 0 Å². The first kappa shape index (κ1) is 9.25. The van der Waals surface area contributed by atoms with Crippen LogP contribution in [0.5, 0.6) is 0 Å². The molecule has 1 N–H and O–H groups in total. The molecule has 2 unspecified atom stereocenters. The van der Waals surface area contributed by atoms with E-state index in [9.17, 15) is 0 Å². The fourth-order valence-corrected chi connectivity index (χ4v) is 1.17. The van der Waals surface area contributed by atoms with E-state index in [0.29, 0.717) is 0 Å². The van der Waals surface area contributed by atoms with Gasteiger partial charge in [0.05, 0.1) is 0 Å². The number of halogens is 1. The van der Waals surface area contributed by atoms with E-state index in [1.807, 2.05) is 0 Å². The van der Waals surface area contributed by atoms with E-state index >= 15 is 0 Å². The highest BCUT2D eigenvalue weighted by atomic mass is 35.5. The monoisotopic (exact) mass is 150 g/mol. The highest BCUT2D eigenvalue weighted by Gasteiger charge is 2.47. The van der Waals surface area contributed by atoms with Crippen LogP contribution in [0.15, 0.2) is 0 Å². The van der Waals surface area contributed by atoms with Gasteiger partial charge >= 0.3 is 0 Å². The largest absolute Gasteiger partial charge is 0.400 e. The lowest BCUT2D eigenvalue weighted by atomic mass is 10.3. The Hall–Kier alpha value is 0.250. The fraction of sp³-hybridized carbons (Fsp3) is 1.00. The number of aliphatic hydroxyl groups is 1. The Balaban J connectivity index is 0.000000291. The molecule has 1 aliphatic carbocycles. The maximum absolute atomic E-state index is 7.00. The highest BCUT2D eigenvalue weighted by Crippen LogP contribution is 2.51. The first-order valence-corrected chi connectivity index (χ1v) is 3.70. The molecule has 0 aromatic rings. The van der Waals surface area contributed by atoms with Gasteiger partial charge in [-0.3, -0.25) is 0 Å². The SMILES string of the molecule is CCC1(Cl)CC1C.CO. The molecule has 0 saturated heterocycles. The molecule has 0 radical (unpaired) electrons. The van der Waals surface area contributed by atoms with Crippen molar-refractivity contribution in [1.29, 1.82) is 0 Å². The molecule has 0 bridgehead atoms. The van der Waals surface area contributed by atoms with Crippen molar-refractivity contribution < 1.29 is 5.11 Å². The van der Waals surface area contributed by atoms with E-state index in [-0.39, 0.29) is 4.87 Å². The van der Waals surface area contributed by atoms with Crippen molar-refractivity contribution in [3.05, 3.63) is 0 Å². The molecule has 1 fully saturated rings. The molecule has 0 heterocycles. The van der Waals surface area contributed by atoms with E-state index in [2.05, 4.69) is 13.8 Å². The van der Waals surface area contributed by atoms with Gasteiger partial charge in [0.1, 0.15) is 0 Å². The maximum atomic E-state index is 7.00. The third-order valence-corrected chi connectivity index (χ3v) is 2.75. The lowest BCUT2D eigenvalue weighted by Gasteiger charge is -1.97. The van der Waals surface area contributed by atoms with Gasteiger partial charge < -0.3 is 5.11 Å². The summed E-state index contributed by atoms with van der Waals surface area (Å²) in [5.41, 5.74) is 0. The molecule has 9 heavy (non-hydrogen) atoms. The van der Waals surface area contributed by atoms with E-state index in [0.717, 1.165) is 19.4 Å². The molecule has 1 aliphatic rings. The Bertz CT molecular complexity index is 81.0. The lowest BCUT2D eigenvalue weighted by Crippen LogP contribution is -1.95. The molecule has 1 rings (SSSR count). The summed E-state index contributed by atoms with van der Waals surface area (Å²) in [6.45, 7) is 4.35. The van der Waals surface area contributed by atoms with Gasteiger partial charge in [0, 0.05) is 12.0 Å². The zero-order valence-corrected chi connectivity index (χ0v) is 7.07. The van der Waals surface area contributed by atoms with Crippen LogP contribution in [-0.2, 0) is 0 Å². The van der Waals surface area contributed by atoms with Crippen molar-refractivity contribution in [3.8, 4) is 0 Å². The Kier molecular flexibility index (Phi) is 3.52. The molecule has 0 aromatic carbocycles. The average Bonchev–Trinajstić information content (AvgIpc) is 2.48. The molecule has 0 spiro atoms. The molecule has 2 atom stereocenters. The van der Waals surface area contributed by atoms with E-state index in [1.165, 1.54) is 6.42 Å². The van der Waals surface area contributed by atoms with Gasteiger partial charge in [-0.2, -0.15) is 0 Å². The maximum Gasteiger partial charge on any atom is 0.0473 e. The predicted octanol–water partition coefficient (Wildman–Crippen LogP) is 2.02. The van der Waals surface area contributed by atoms with Crippen LogP contribution < -0.4 is 0 Å². The van der Waals surface area contributed by atoms with Gasteiger partial charge in [-0.25, -0.2) is 0 Å². The Morgan fingerprint density at radius 2 is 2.00 bits per heavy atom. The molecule has 0 aromatic heterocycles. The topological polar surface area (TPSA) is 20.2 Å². The highest BCUT2D eigenvalue weighted by molar-refractivity contribution is 6.26. The minimum atomic E-state index is 0.222. The van der Waals surface area contributed by atoms with Gasteiger partial charge in [-0.1, -0.05) is 13.8 Å². The number of hydrogen-bond donors (Lipinski definition) is 1. The van der Waals surface area contributed by atoms with Crippen LogP contribution in [0.25, 0.3) is 0 Å². The zero-order chi connectivity index (χ0) is 7.49. The number of alkyl halides is 1. The van der Waals surface area contributed by atoms with Crippen LogP contribution in [0, 0.1) is 5.92 Å². The Morgan fingerprint density at radius 3 is 2.00 bits per heavy atom. The van der Waals surface area contributed by atoms with E-state index in [4.69, 9.17) is 16.7 Å². The van der Waals surface area contributed by atoms with Crippen LogP contribution in [0.2, 0.25) is 0 Å². The summed E-state index contributed by atoms with van der Waals surface area (Å²) in [5.74, 6) is 0.777. The average molecular weight is 151 g/mol. The quantitative estimate of drug-likeness (QED) is 0.568. The van der Waals surface area contributed by atoms with Crippen LogP contribution in [-0.4, -0.2) is 17.1 Å². The van der Waals surface area contributed by atoms with Crippen molar-refractivity contribution in [2.75, 3.05) is 7.11 Å². The van der Waals surface area contributed by atoms with Crippen molar-refractivity contribution in [2.45, 2.75) is 31.6 Å². The van der Waals surface area contributed by atoms with E-state index < -0.39 is 0 Å². The smallest absolute Gasteiger partial charge is 0.0473 e. The molecule has 0 amide bonds. The van der Waals surface area contributed by atoms with Gasteiger partial charge in [-0.05, 0) is 18.8 Å². The first-order valence-electron chi connectivity index (χ1n) is 3.32. The summed E-state index contributed by atoms with van der Waals surface area (Å²) < 4.78 is 0. The van der Waals surface area contributed by atoms with Crippen LogP contribution in [0.4, 0.5) is 0 Å². The third kappa shape index (κ3) is 2.15. The van der Waals surface area contributed by atoms with Crippen LogP contribution in [0.3, 0.4) is 0 Å². The summed E-state index contributed by atoms with van der Waals surface area (Å²) in [5, 5.41) is 7.00. The minimum absolute atomic E-state index is 0.222. The second-order valence-electron chi connectivity index (χ2n) is 2.49. The molecule has 1 nitrogen and oxygen atoms in total. The summed E-state index contributed by atoms with van der Waals surface area (Å²) >= 11 is 5.98. The van der Waals surface area contributed by atoms with Crippen LogP contribution >= 0.6 is 11.6 Å². The van der Waals surface area contributed by atoms with Crippen molar-refractivity contribution in [1.82, 2.24) is 0 Å². The minimum Gasteiger partial charge on any atom is -0.400 e. The summed E-state index contributed by atoms with van der Waals surface area (Å²) in [6.07, 6.45) is 2.36. The van der Waals surface area contributed by atoms with Gasteiger partial charge in [0.25, 0.3) is 0 Å². The Morgan fingerprint density at radius 1 is 1.67 bits per heavy atom. The fourth-order valence-electron chi connectivity index (χ4n) is 0.943. The summed E-state index contributed by atoms with van der Waals surface area (Å²) in [4.78, 5) is 0.222.